The van der Waals surface area contributed by atoms with Crippen LogP contribution in [0.3, 0.4) is 0 Å². The molecule has 1 fully saturated rings. The number of amides is 1. The van der Waals surface area contributed by atoms with Gasteiger partial charge in [-0.25, -0.2) is 4.52 Å². The lowest BCUT2D eigenvalue weighted by molar-refractivity contribution is -0.0241. The van der Waals surface area contributed by atoms with Crippen LogP contribution in [0.1, 0.15) is 22.2 Å². The molecule has 1 saturated heterocycles. The van der Waals surface area contributed by atoms with E-state index in [1.807, 2.05) is 64.3 Å². The molecule has 152 valence electrons. The van der Waals surface area contributed by atoms with Crippen molar-refractivity contribution in [2.24, 2.45) is 0 Å². The number of fused-ring (bicyclic) bond motifs is 1. The number of nitrogens with zero attached hydrogens (tertiary/aromatic N) is 4. The normalized spacial score (nSPS) is 16.7. The van der Waals surface area contributed by atoms with Crippen molar-refractivity contribution in [3.8, 4) is 16.9 Å². The van der Waals surface area contributed by atoms with E-state index in [9.17, 15) is 4.79 Å². The molecule has 0 radical (unpaired) electrons. The van der Waals surface area contributed by atoms with Crippen LogP contribution in [0.15, 0.2) is 59.4 Å². The Labute approximate surface area is 177 Å². The Kier molecular flexibility index (Phi) is 4.94. The molecule has 7 nitrogen and oxygen atoms in total. The molecule has 1 atom stereocenters. The highest BCUT2D eigenvalue weighted by Crippen LogP contribution is 2.28. The van der Waals surface area contributed by atoms with Gasteiger partial charge in [-0.2, -0.15) is 11.3 Å². The summed E-state index contributed by atoms with van der Waals surface area (Å²) in [5.74, 6) is 0.849. The van der Waals surface area contributed by atoms with Crippen LogP contribution in [0, 0.1) is 0 Å². The number of carbonyl (C=O) groups is 1. The molecule has 4 aromatic rings. The van der Waals surface area contributed by atoms with E-state index in [1.54, 1.807) is 11.6 Å². The van der Waals surface area contributed by atoms with Crippen molar-refractivity contribution in [1.29, 1.82) is 0 Å². The number of hydrogen-bond donors (Lipinski definition) is 0. The van der Waals surface area contributed by atoms with E-state index in [2.05, 4.69) is 10.3 Å². The van der Waals surface area contributed by atoms with Gasteiger partial charge in [-0.05, 0) is 35.2 Å². The van der Waals surface area contributed by atoms with Crippen LogP contribution >= 0.6 is 11.3 Å². The number of pyridine rings is 1. The molecule has 4 heterocycles. The fraction of sp³-hybridized carbons (Fsp3) is 0.227. The first kappa shape index (κ1) is 18.8. The van der Waals surface area contributed by atoms with E-state index >= 15 is 0 Å². The topological polar surface area (TPSA) is 69.0 Å². The Bertz CT molecular complexity index is 1170. The van der Waals surface area contributed by atoms with Crippen molar-refractivity contribution < 1.29 is 14.3 Å². The van der Waals surface area contributed by atoms with Crippen molar-refractivity contribution in [1.82, 2.24) is 19.7 Å². The van der Waals surface area contributed by atoms with E-state index in [4.69, 9.17) is 9.47 Å². The van der Waals surface area contributed by atoms with Crippen LogP contribution in [-0.2, 0) is 4.74 Å². The van der Waals surface area contributed by atoms with Crippen molar-refractivity contribution in [3.05, 3.63) is 70.7 Å². The number of carbonyl (C=O) groups excluding carboxylic acids is 1. The van der Waals surface area contributed by atoms with E-state index in [0.29, 0.717) is 19.7 Å². The maximum absolute atomic E-state index is 12.7. The lowest BCUT2D eigenvalue weighted by Gasteiger charge is -2.32. The summed E-state index contributed by atoms with van der Waals surface area (Å²) in [7, 11) is 1.65. The number of hydrogen-bond acceptors (Lipinski definition) is 6. The molecule has 0 N–H and O–H groups in total. The molecule has 0 aliphatic carbocycles. The van der Waals surface area contributed by atoms with Crippen molar-refractivity contribution in [3.63, 3.8) is 0 Å². The van der Waals surface area contributed by atoms with E-state index in [1.165, 1.54) is 11.3 Å². The van der Waals surface area contributed by atoms with Gasteiger partial charge >= 0.3 is 0 Å². The maximum Gasteiger partial charge on any atom is 0.254 e. The Balaban J connectivity index is 1.40. The average molecular weight is 420 g/mol. The average Bonchev–Trinajstić information content (AvgIpc) is 3.48. The zero-order valence-corrected chi connectivity index (χ0v) is 17.2. The number of rotatable bonds is 4. The molecular formula is C22H20N4O3S. The van der Waals surface area contributed by atoms with Crippen LogP contribution in [0.25, 0.3) is 16.6 Å². The molecule has 1 amide bonds. The van der Waals surface area contributed by atoms with Crippen LogP contribution in [-0.4, -0.2) is 52.4 Å². The Morgan fingerprint density at radius 1 is 1.17 bits per heavy atom. The first-order valence-electron chi connectivity index (χ1n) is 9.65. The fourth-order valence-corrected chi connectivity index (χ4v) is 4.29. The lowest BCUT2D eigenvalue weighted by atomic mass is 10.1. The number of benzene rings is 1. The minimum absolute atomic E-state index is 0.0304. The summed E-state index contributed by atoms with van der Waals surface area (Å²) in [6.45, 7) is 1.51. The predicted molar refractivity (Wildman–Crippen MR) is 114 cm³/mol. The van der Waals surface area contributed by atoms with E-state index < -0.39 is 0 Å². The van der Waals surface area contributed by atoms with Gasteiger partial charge in [0.05, 0.1) is 31.3 Å². The Morgan fingerprint density at radius 2 is 2.00 bits per heavy atom. The third kappa shape index (κ3) is 3.44. The van der Waals surface area contributed by atoms with Gasteiger partial charge in [0, 0.05) is 23.7 Å². The Hall–Kier alpha value is -3.23. The van der Waals surface area contributed by atoms with Crippen LogP contribution < -0.4 is 4.74 Å². The van der Waals surface area contributed by atoms with Crippen LogP contribution in [0.5, 0.6) is 5.75 Å². The molecule has 0 unspecified atom stereocenters. The molecule has 0 spiro atoms. The largest absolute Gasteiger partial charge is 0.497 e. The van der Waals surface area contributed by atoms with Crippen LogP contribution in [0.2, 0.25) is 0 Å². The van der Waals surface area contributed by atoms with Gasteiger partial charge in [-0.15, -0.1) is 5.10 Å². The number of aromatic nitrogens is 3. The van der Waals surface area contributed by atoms with E-state index in [0.717, 1.165) is 33.7 Å². The minimum atomic E-state index is -0.300. The molecule has 30 heavy (non-hydrogen) atoms. The molecule has 1 aliphatic heterocycles. The zero-order chi connectivity index (χ0) is 20.5. The maximum atomic E-state index is 12.7. The Morgan fingerprint density at radius 3 is 2.77 bits per heavy atom. The summed E-state index contributed by atoms with van der Waals surface area (Å²) in [6, 6.07) is 13.8. The van der Waals surface area contributed by atoms with Gasteiger partial charge in [-0.3, -0.25) is 4.79 Å². The third-order valence-electron chi connectivity index (χ3n) is 5.29. The quantitative estimate of drug-likeness (QED) is 0.504. The van der Waals surface area contributed by atoms with Gasteiger partial charge in [0.2, 0.25) is 0 Å². The van der Waals surface area contributed by atoms with Gasteiger partial charge in [0.1, 0.15) is 17.5 Å². The molecule has 1 aliphatic rings. The van der Waals surface area contributed by atoms with Gasteiger partial charge < -0.3 is 14.4 Å². The summed E-state index contributed by atoms with van der Waals surface area (Å²) in [5.41, 5.74) is 4.44. The first-order valence-corrected chi connectivity index (χ1v) is 10.6. The monoisotopic (exact) mass is 420 g/mol. The summed E-state index contributed by atoms with van der Waals surface area (Å²) in [5, 5.41) is 12.5. The highest BCUT2D eigenvalue weighted by Gasteiger charge is 2.29. The second-order valence-electron chi connectivity index (χ2n) is 7.07. The predicted octanol–water partition coefficient (Wildman–Crippen LogP) is 3.68. The second kappa shape index (κ2) is 7.89. The SMILES string of the molecule is COc1ccc(-c2ccc3c([C@H]4CN(C(=O)c5ccsc5)CCO4)nnn3c2)cc1. The van der Waals surface area contributed by atoms with Gasteiger partial charge in [-0.1, -0.05) is 23.4 Å². The number of thiophene rings is 1. The molecule has 3 aromatic heterocycles. The minimum Gasteiger partial charge on any atom is -0.497 e. The van der Waals surface area contributed by atoms with Gasteiger partial charge in [0.15, 0.2) is 0 Å². The smallest absolute Gasteiger partial charge is 0.254 e. The number of morpholine rings is 1. The van der Waals surface area contributed by atoms with Crippen molar-refractivity contribution >= 4 is 22.8 Å². The molecular weight excluding hydrogens is 400 g/mol. The summed E-state index contributed by atoms with van der Waals surface area (Å²) >= 11 is 1.52. The summed E-state index contributed by atoms with van der Waals surface area (Å²) in [6.07, 6.45) is 1.65. The number of methoxy groups -OCH3 is 1. The molecule has 0 saturated carbocycles. The fourth-order valence-electron chi connectivity index (χ4n) is 3.67. The highest BCUT2D eigenvalue weighted by atomic mass is 32.1. The molecule has 1 aromatic carbocycles. The van der Waals surface area contributed by atoms with Crippen molar-refractivity contribution in [2.75, 3.05) is 26.8 Å². The van der Waals surface area contributed by atoms with Crippen LogP contribution in [0.4, 0.5) is 0 Å². The van der Waals surface area contributed by atoms with E-state index in [-0.39, 0.29) is 12.0 Å². The first-order chi connectivity index (χ1) is 14.7. The molecule has 8 heteroatoms. The lowest BCUT2D eigenvalue weighted by Crippen LogP contribution is -2.42. The van der Waals surface area contributed by atoms with Gasteiger partial charge in [0.25, 0.3) is 5.91 Å². The second-order valence-corrected chi connectivity index (χ2v) is 7.85. The van der Waals surface area contributed by atoms with Crippen molar-refractivity contribution in [2.45, 2.75) is 6.10 Å². The third-order valence-corrected chi connectivity index (χ3v) is 5.97. The standard InChI is InChI=1S/C22H20N4O3S/c1-28-18-5-2-15(3-6-18)16-4-7-19-21(23-24-26(19)12-16)20-13-25(9-10-29-20)22(27)17-8-11-30-14-17/h2-8,11-12,14,20H,9-10,13H2,1H3/t20-/m1/s1. The molecule has 0 bridgehead atoms. The highest BCUT2D eigenvalue weighted by molar-refractivity contribution is 7.08. The number of ether oxygens (including phenoxy) is 2. The summed E-state index contributed by atoms with van der Waals surface area (Å²) in [4.78, 5) is 14.5. The molecule has 5 rings (SSSR count). The summed E-state index contributed by atoms with van der Waals surface area (Å²) < 4.78 is 12.9. The zero-order valence-electron chi connectivity index (χ0n) is 16.4.